The Labute approximate surface area is 129 Å². The third kappa shape index (κ3) is 5.49. The summed E-state index contributed by atoms with van der Waals surface area (Å²) in [6, 6.07) is 4.81. The maximum atomic E-state index is 10.7. The van der Waals surface area contributed by atoms with Gasteiger partial charge in [0.25, 0.3) is 5.69 Å². The maximum absolute atomic E-state index is 10.7. The summed E-state index contributed by atoms with van der Waals surface area (Å²) in [5.41, 5.74) is 1.22. The van der Waals surface area contributed by atoms with Crippen LogP contribution in [-0.2, 0) is 0 Å². The molecule has 0 fully saturated rings. The number of rotatable bonds is 8. The summed E-state index contributed by atoms with van der Waals surface area (Å²) in [6.07, 6.45) is 4.92. The normalized spacial score (nSPS) is 11.4. The Morgan fingerprint density at radius 3 is 2.60 bits per heavy atom. The van der Waals surface area contributed by atoms with Crippen LogP contribution in [0, 0.1) is 15.5 Å². The highest BCUT2D eigenvalue weighted by molar-refractivity contribution is 9.10. The third-order valence-electron chi connectivity index (χ3n) is 3.38. The minimum atomic E-state index is -0.386. The Balaban J connectivity index is 2.58. The van der Waals surface area contributed by atoms with E-state index >= 15 is 0 Å². The summed E-state index contributed by atoms with van der Waals surface area (Å²) >= 11 is 3.38. The zero-order valence-electron chi connectivity index (χ0n) is 12.4. The summed E-state index contributed by atoms with van der Waals surface area (Å²) in [4.78, 5) is 10.3. The molecule has 112 valence electrons. The zero-order chi connectivity index (χ0) is 15.2. The topological polar surface area (TPSA) is 55.2 Å². The standard InChI is InChI=1S/C15H23BrN2O2/c1-4-5-6-9-15(2,3)11-17-14-8-7-12(18(19)20)10-13(14)16/h7-8,10,17H,4-6,9,11H2,1-3H3. The van der Waals surface area contributed by atoms with E-state index in [1.165, 1.54) is 37.8 Å². The molecule has 1 rings (SSSR count). The highest BCUT2D eigenvalue weighted by Gasteiger charge is 2.18. The Bertz CT molecular complexity index is 461. The molecule has 20 heavy (non-hydrogen) atoms. The van der Waals surface area contributed by atoms with Gasteiger partial charge >= 0.3 is 0 Å². The fraction of sp³-hybridized carbons (Fsp3) is 0.600. The van der Waals surface area contributed by atoms with E-state index in [9.17, 15) is 10.1 Å². The summed E-state index contributed by atoms with van der Waals surface area (Å²) < 4.78 is 0.732. The van der Waals surface area contributed by atoms with Crippen LogP contribution in [0.3, 0.4) is 0 Å². The predicted octanol–water partition coefficient (Wildman–Crippen LogP) is 5.38. The van der Waals surface area contributed by atoms with Crippen LogP contribution in [0.1, 0.15) is 46.5 Å². The lowest BCUT2D eigenvalue weighted by Crippen LogP contribution is -2.23. The zero-order valence-corrected chi connectivity index (χ0v) is 14.0. The summed E-state index contributed by atoms with van der Waals surface area (Å²) in [5.74, 6) is 0. The second-order valence-electron chi connectivity index (χ2n) is 5.90. The van der Waals surface area contributed by atoms with Crippen molar-refractivity contribution < 1.29 is 4.92 Å². The Morgan fingerprint density at radius 2 is 2.05 bits per heavy atom. The molecule has 1 aromatic rings. The van der Waals surface area contributed by atoms with Crippen molar-refractivity contribution in [2.24, 2.45) is 5.41 Å². The van der Waals surface area contributed by atoms with Crippen LogP contribution in [0.5, 0.6) is 0 Å². The Hall–Kier alpha value is -1.10. The average molecular weight is 343 g/mol. The monoisotopic (exact) mass is 342 g/mol. The molecule has 0 heterocycles. The number of benzene rings is 1. The van der Waals surface area contributed by atoms with Gasteiger partial charge in [-0.25, -0.2) is 0 Å². The van der Waals surface area contributed by atoms with Crippen LogP contribution in [0.2, 0.25) is 0 Å². The minimum Gasteiger partial charge on any atom is -0.384 e. The van der Waals surface area contributed by atoms with Gasteiger partial charge in [0.2, 0.25) is 0 Å². The van der Waals surface area contributed by atoms with Crippen LogP contribution in [0.15, 0.2) is 22.7 Å². The van der Waals surface area contributed by atoms with Gasteiger partial charge in [-0.15, -0.1) is 0 Å². The first-order chi connectivity index (χ1) is 9.35. The molecule has 0 radical (unpaired) electrons. The van der Waals surface area contributed by atoms with E-state index in [-0.39, 0.29) is 16.0 Å². The largest absolute Gasteiger partial charge is 0.384 e. The van der Waals surface area contributed by atoms with Crippen LogP contribution >= 0.6 is 15.9 Å². The molecule has 1 N–H and O–H groups in total. The number of anilines is 1. The van der Waals surface area contributed by atoms with Gasteiger partial charge < -0.3 is 5.32 Å². The van der Waals surface area contributed by atoms with E-state index in [0.29, 0.717) is 0 Å². The molecule has 0 aliphatic carbocycles. The number of nitro benzene ring substituents is 1. The van der Waals surface area contributed by atoms with Crippen molar-refractivity contribution in [2.45, 2.75) is 46.5 Å². The fourth-order valence-electron chi connectivity index (χ4n) is 2.04. The summed E-state index contributed by atoms with van der Waals surface area (Å²) in [5, 5.41) is 14.1. The van der Waals surface area contributed by atoms with Gasteiger partial charge in [0.1, 0.15) is 0 Å². The van der Waals surface area contributed by atoms with Gasteiger partial charge in [0, 0.05) is 28.8 Å². The van der Waals surface area contributed by atoms with E-state index < -0.39 is 0 Å². The van der Waals surface area contributed by atoms with Crippen molar-refractivity contribution in [3.05, 3.63) is 32.8 Å². The third-order valence-corrected chi connectivity index (χ3v) is 4.03. The summed E-state index contributed by atoms with van der Waals surface area (Å²) in [6.45, 7) is 7.55. The number of hydrogen-bond acceptors (Lipinski definition) is 3. The number of unbranched alkanes of at least 4 members (excludes halogenated alkanes) is 2. The molecule has 0 aliphatic heterocycles. The van der Waals surface area contributed by atoms with Crippen molar-refractivity contribution in [3.8, 4) is 0 Å². The van der Waals surface area contributed by atoms with Crippen LogP contribution < -0.4 is 5.32 Å². The highest BCUT2D eigenvalue weighted by Crippen LogP contribution is 2.29. The van der Waals surface area contributed by atoms with Crippen LogP contribution in [0.4, 0.5) is 11.4 Å². The molecule has 0 bridgehead atoms. The lowest BCUT2D eigenvalue weighted by Gasteiger charge is -2.25. The number of nitrogens with one attached hydrogen (secondary N) is 1. The quantitative estimate of drug-likeness (QED) is 0.392. The molecule has 0 amide bonds. The lowest BCUT2D eigenvalue weighted by molar-refractivity contribution is -0.384. The molecule has 0 aliphatic rings. The van der Waals surface area contributed by atoms with E-state index in [2.05, 4.69) is 42.0 Å². The predicted molar refractivity (Wildman–Crippen MR) is 87.2 cm³/mol. The second-order valence-corrected chi connectivity index (χ2v) is 6.75. The van der Waals surface area contributed by atoms with E-state index in [1.54, 1.807) is 6.07 Å². The molecule has 0 unspecified atom stereocenters. The first-order valence-electron chi connectivity index (χ1n) is 7.03. The minimum absolute atomic E-state index is 0.102. The number of hydrogen-bond donors (Lipinski definition) is 1. The second kappa shape index (κ2) is 7.62. The molecule has 0 spiro atoms. The van der Waals surface area contributed by atoms with Gasteiger partial charge in [-0.3, -0.25) is 10.1 Å². The van der Waals surface area contributed by atoms with Crippen LogP contribution in [0.25, 0.3) is 0 Å². The first-order valence-corrected chi connectivity index (χ1v) is 7.83. The number of non-ortho nitro benzene ring substituents is 1. The van der Waals surface area contributed by atoms with E-state index in [4.69, 9.17) is 0 Å². The highest BCUT2D eigenvalue weighted by atomic mass is 79.9. The van der Waals surface area contributed by atoms with Crippen molar-refractivity contribution >= 4 is 27.3 Å². The molecular formula is C15H23BrN2O2. The van der Waals surface area contributed by atoms with Crippen molar-refractivity contribution in [2.75, 3.05) is 11.9 Å². The SMILES string of the molecule is CCCCCC(C)(C)CNc1ccc([N+](=O)[O-])cc1Br. The molecule has 4 nitrogen and oxygen atoms in total. The maximum Gasteiger partial charge on any atom is 0.270 e. The number of nitrogens with zero attached hydrogens (tertiary/aromatic N) is 1. The van der Waals surface area contributed by atoms with Crippen molar-refractivity contribution in [1.82, 2.24) is 0 Å². The van der Waals surface area contributed by atoms with E-state index in [1.807, 2.05) is 0 Å². The van der Waals surface area contributed by atoms with Gasteiger partial charge in [-0.05, 0) is 33.8 Å². The van der Waals surface area contributed by atoms with Gasteiger partial charge in [-0.2, -0.15) is 0 Å². The number of halogens is 1. The summed E-state index contributed by atoms with van der Waals surface area (Å²) in [7, 11) is 0. The van der Waals surface area contributed by atoms with Crippen molar-refractivity contribution in [1.29, 1.82) is 0 Å². The van der Waals surface area contributed by atoms with Gasteiger partial charge in [-0.1, -0.05) is 40.0 Å². The Kier molecular flexibility index (Phi) is 6.46. The van der Waals surface area contributed by atoms with Gasteiger partial charge in [0.05, 0.1) is 4.92 Å². The number of nitro groups is 1. The molecule has 0 saturated carbocycles. The molecular weight excluding hydrogens is 320 g/mol. The molecule has 1 aromatic carbocycles. The van der Waals surface area contributed by atoms with Crippen molar-refractivity contribution in [3.63, 3.8) is 0 Å². The first kappa shape index (κ1) is 17.0. The lowest BCUT2D eigenvalue weighted by atomic mass is 9.87. The molecule has 0 atom stereocenters. The molecule has 5 heteroatoms. The molecule has 0 aromatic heterocycles. The Morgan fingerprint density at radius 1 is 1.35 bits per heavy atom. The molecule has 0 saturated heterocycles. The smallest absolute Gasteiger partial charge is 0.270 e. The fourth-order valence-corrected chi connectivity index (χ4v) is 2.54. The van der Waals surface area contributed by atoms with Crippen LogP contribution in [-0.4, -0.2) is 11.5 Å². The van der Waals surface area contributed by atoms with Gasteiger partial charge in [0.15, 0.2) is 0 Å². The average Bonchev–Trinajstić information content (AvgIpc) is 2.37. The van der Waals surface area contributed by atoms with E-state index in [0.717, 1.165) is 16.7 Å².